The first kappa shape index (κ1) is 29.6. The standard InChI is InChI=1S/C30H47N2O4/c1-7-9-19-31(20-10-8-2)28(33)23-32(5,6)21-11-12-22-35-27-17-14-25-15-18-29(34)36-30(25)26(27)16-13-24(3)4/h13-15,17-18H,7-12,16,19-23H2,1-6H3/q+1. The number of fused-ring (bicyclic) bond motifs is 1. The van der Waals surface area contributed by atoms with Gasteiger partial charge in [-0.3, -0.25) is 4.79 Å². The van der Waals surface area contributed by atoms with Gasteiger partial charge in [0.05, 0.1) is 27.2 Å². The van der Waals surface area contributed by atoms with Gasteiger partial charge in [-0.25, -0.2) is 4.79 Å². The molecule has 6 nitrogen and oxygen atoms in total. The van der Waals surface area contributed by atoms with Crippen molar-refractivity contribution in [1.29, 1.82) is 0 Å². The first-order chi connectivity index (χ1) is 17.2. The fourth-order valence-corrected chi connectivity index (χ4v) is 4.24. The van der Waals surface area contributed by atoms with Gasteiger partial charge in [0.2, 0.25) is 0 Å². The molecule has 0 N–H and O–H groups in total. The van der Waals surface area contributed by atoms with Crippen molar-refractivity contribution < 1.29 is 18.4 Å². The maximum Gasteiger partial charge on any atom is 0.336 e. The Labute approximate surface area is 217 Å². The summed E-state index contributed by atoms with van der Waals surface area (Å²) in [5.74, 6) is 1.03. The number of carbonyl (C=O) groups is 1. The van der Waals surface area contributed by atoms with Gasteiger partial charge in [-0.15, -0.1) is 0 Å². The molecule has 6 heteroatoms. The van der Waals surface area contributed by atoms with Crippen LogP contribution in [0.3, 0.4) is 0 Å². The number of allylic oxidation sites excluding steroid dienone is 2. The molecule has 1 aromatic heterocycles. The lowest BCUT2D eigenvalue weighted by molar-refractivity contribution is -0.883. The van der Waals surface area contributed by atoms with Crippen LogP contribution in [0.2, 0.25) is 0 Å². The maximum absolute atomic E-state index is 13.0. The zero-order chi connectivity index (χ0) is 26.6. The van der Waals surface area contributed by atoms with Crippen LogP contribution in [-0.2, 0) is 11.2 Å². The number of benzene rings is 1. The molecule has 36 heavy (non-hydrogen) atoms. The third-order valence-electron chi connectivity index (χ3n) is 6.46. The summed E-state index contributed by atoms with van der Waals surface area (Å²) in [4.78, 5) is 26.9. The van der Waals surface area contributed by atoms with Crippen LogP contribution in [-0.4, -0.2) is 62.2 Å². The van der Waals surface area contributed by atoms with Gasteiger partial charge in [0, 0.05) is 30.1 Å². The van der Waals surface area contributed by atoms with Gasteiger partial charge in [0.25, 0.3) is 5.91 Å². The molecule has 0 fully saturated rings. The van der Waals surface area contributed by atoms with Crippen LogP contribution in [0.25, 0.3) is 11.0 Å². The van der Waals surface area contributed by atoms with Gasteiger partial charge < -0.3 is 18.5 Å². The van der Waals surface area contributed by atoms with Crippen molar-refractivity contribution in [3.63, 3.8) is 0 Å². The zero-order valence-electron chi connectivity index (χ0n) is 23.4. The summed E-state index contributed by atoms with van der Waals surface area (Å²) in [6.07, 6.45) is 8.97. The molecule has 0 spiro atoms. The Morgan fingerprint density at radius 2 is 1.67 bits per heavy atom. The van der Waals surface area contributed by atoms with E-state index in [1.54, 1.807) is 6.07 Å². The predicted octanol–water partition coefficient (Wildman–Crippen LogP) is 5.97. The van der Waals surface area contributed by atoms with Gasteiger partial charge in [-0.2, -0.15) is 0 Å². The predicted molar refractivity (Wildman–Crippen MR) is 149 cm³/mol. The number of ether oxygens (including phenoxy) is 1. The molecule has 0 saturated carbocycles. The third kappa shape index (κ3) is 9.81. The Kier molecular flexibility index (Phi) is 12.2. The molecule has 0 saturated heterocycles. The summed E-state index contributed by atoms with van der Waals surface area (Å²) in [7, 11) is 4.28. The van der Waals surface area contributed by atoms with Gasteiger partial charge in [-0.1, -0.05) is 38.3 Å². The number of hydrogen-bond acceptors (Lipinski definition) is 4. The van der Waals surface area contributed by atoms with Crippen molar-refractivity contribution in [2.45, 2.75) is 72.6 Å². The van der Waals surface area contributed by atoms with Crippen LogP contribution in [0.4, 0.5) is 0 Å². The molecule has 1 heterocycles. The van der Waals surface area contributed by atoms with E-state index >= 15 is 0 Å². The van der Waals surface area contributed by atoms with Crippen LogP contribution < -0.4 is 10.4 Å². The summed E-state index contributed by atoms with van der Waals surface area (Å²) in [5.41, 5.74) is 2.36. The summed E-state index contributed by atoms with van der Waals surface area (Å²) >= 11 is 0. The molecule has 0 bridgehead atoms. The third-order valence-corrected chi connectivity index (χ3v) is 6.46. The fraction of sp³-hybridized carbons (Fsp3) is 0.600. The smallest absolute Gasteiger partial charge is 0.336 e. The van der Waals surface area contributed by atoms with Crippen molar-refractivity contribution in [3.8, 4) is 5.75 Å². The SMILES string of the molecule is CCCCN(CCCC)C(=O)C[N+](C)(C)CCCCOc1ccc2ccc(=O)oc2c1CC=C(C)C. The minimum Gasteiger partial charge on any atom is -0.493 e. The number of rotatable bonds is 16. The van der Waals surface area contributed by atoms with E-state index in [1.807, 2.05) is 12.1 Å². The van der Waals surface area contributed by atoms with E-state index in [4.69, 9.17) is 9.15 Å². The van der Waals surface area contributed by atoms with Crippen molar-refractivity contribution in [2.75, 3.05) is 46.9 Å². The van der Waals surface area contributed by atoms with E-state index in [1.165, 1.54) is 11.6 Å². The Morgan fingerprint density at radius 3 is 2.31 bits per heavy atom. The highest BCUT2D eigenvalue weighted by atomic mass is 16.5. The number of unbranched alkanes of at least 4 members (excludes halogenated alkanes) is 3. The van der Waals surface area contributed by atoms with E-state index in [9.17, 15) is 9.59 Å². The second-order valence-corrected chi connectivity index (χ2v) is 10.7. The van der Waals surface area contributed by atoms with E-state index in [0.29, 0.717) is 29.6 Å². The van der Waals surface area contributed by atoms with Crippen molar-refractivity contribution in [3.05, 3.63) is 51.9 Å². The number of carbonyl (C=O) groups excluding carboxylic acids is 1. The van der Waals surface area contributed by atoms with Crippen LogP contribution >= 0.6 is 0 Å². The van der Waals surface area contributed by atoms with Crippen LogP contribution in [0.15, 0.2) is 45.1 Å². The second-order valence-electron chi connectivity index (χ2n) is 10.7. The van der Waals surface area contributed by atoms with Crippen LogP contribution in [0.5, 0.6) is 5.75 Å². The minimum absolute atomic E-state index is 0.264. The zero-order valence-corrected chi connectivity index (χ0v) is 23.4. The van der Waals surface area contributed by atoms with Gasteiger partial charge in [0.1, 0.15) is 11.3 Å². The maximum atomic E-state index is 13.0. The van der Waals surface area contributed by atoms with E-state index in [2.05, 4.69) is 52.8 Å². The van der Waals surface area contributed by atoms with E-state index in [0.717, 1.165) is 74.9 Å². The Balaban J connectivity index is 1.93. The number of nitrogens with zero attached hydrogens (tertiary/aromatic N) is 2. The first-order valence-electron chi connectivity index (χ1n) is 13.6. The normalized spacial score (nSPS) is 11.5. The van der Waals surface area contributed by atoms with Gasteiger partial charge in [0.15, 0.2) is 6.54 Å². The molecular formula is C30H47N2O4+. The Hall–Kier alpha value is -2.60. The molecule has 1 aromatic carbocycles. The molecule has 0 radical (unpaired) electrons. The lowest BCUT2D eigenvalue weighted by Gasteiger charge is -2.32. The molecule has 200 valence electrons. The van der Waals surface area contributed by atoms with Crippen LogP contribution in [0.1, 0.15) is 71.8 Å². The average molecular weight is 500 g/mol. The second kappa shape index (κ2) is 14.8. The van der Waals surface area contributed by atoms with E-state index < -0.39 is 0 Å². The Morgan fingerprint density at radius 1 is 1.00 bits per heavy atom. The molecule has 2 aromatic rings. The summed E-state index contributed by atoms with van der Waals surface area (Å²) in [6.45, 7) is 12.2. The minimum atomic E-state index is -0.351. The molecule has 2 rings (SSSR count). The number of likely N-dealkylation sites (N-methyl/N-ethyl adjacent to an activating group) is 1. The highest BCUT2D eigenvalue weighted by molar-refractivity contribution is 5.82. The molecule has 0 aliphatic heterocycles. The monoisotopic (exact) mass is 499 g/mol. The molecule has 0 aliphatic carbocycles. The fourth-order valence-electron chi connectivity index (χ4n) is 4.24. The topological polar surface area (TPSA) is 59.8 Å². The summed E-state index contributed by atoms with van der Waals surface area (Å²) in [5, 5.41) is 0.898. The molecule has 0 atom stereocenters. The van der Waals surface area contributed by atoms with Crippen molar-refractivity contribution >= 4 is 16.9 Å². The lowest BCUT2D eigenvalue weighted by atomic mass is 10.1. The summed E-state index contributed by atoms with van der Waals surface area (Å²) in [6, 6.07) is 7.15. The molecule has 1 amide bonds. The largest absolute Gasteiger partial charge is 0.493 e. The average Bonchev–Trinajstić information content (AvgIpc) is 2.82. The number of hydrogen-bond donors (Lipinski definition) is 0. The molecule has 0 unspecified atom stereocenters. The van der Waals surface area contributed by atoms with Crippen molar-refractivity contribution in [1.82, 2.24) is 4.90 Å². The summed E-state index contributed by atoms with van der Waals surface area (Å²) < 4.78 is 12.4. The molecular weight excluding hydrogens is 452 g/mol. The molecule has 0 aliphatic rings. The number of quaternary nitrogens is 1. The number of amides is 1. The van der Waals surface area contributed by atoms with Crippen LogP contribution in [0, 0.1) is 0 Å². The highest BCUT2D eigenvalue weighted by Gasteiger charge is 2.23. The highest BCUT2D eigenvalue weighted by Crippen LogP contribution is 2.28. The van der Waals surface area contributed by atoms with Crippen molar-refractivity contribution in [2.24, 2.45) is 0 Å². The van der Waals surface area contributed by atoms with Gasteiger partial charge in [-0.05, 0) is 64.2 Å². The van der Waals surface area contributed by atoms with E-state index in [-0.39, 0.29) is 11.5 Å². The lowest BCUT2D eigenvalue weighted by Crippen LogP contribution is -2.49. The van der Waals surface area contributed by atoms with Gasteiger partial charge >= 0.3 is 5.63 Å². The quantitative estimate of drug-likeness (QED) is 0.124. The Bertz CT molecular complexity index is 1040. The first-order valence-corrected chi connectivity index (χ1v) is 13.6.